The summed E-state index contributed by atoms with van der Waals surface area (Å²) in [7, 11) is 0. The third kappa shape index (κ3) is 3.80. The van der Waals surface area contributed by atoms with Crippen LogP contribution in [0, 0.1) is 0 Å². The highest BCUT2D eigenvalue weighted by atomic mass is 15.1. The summed E-state index contributed by atoms with van der Waals surface area (Å²) in [5.41, 5.74) is 8.82. The van der Waals surface area contributed by atoms with Gasteiger partial charge in [-0.3, -0.25) is 0 Å². The van der Waals surface area contributed by atoms with Crippen molar-refractivity contribution >= 4 is 0 Å². The molecule has 0 radical (unpaired) electrons. The van der Waals surface area contributed by atoms with Crippen molar-refractivity contribution in [2.45, 2.75) is 44.9 Å². The smallest absolute Gasteiger partial charge is 0.0105 e. The van der Waals surface area contributed by atoms with Gasteiger partial charge < -0.3 is 10.6 Å². The van der Waals surface area contributed by atoms with Gasteiger partial charge in [-0.05, 0) is 48.4 Å². The second-order valence-corrected chi connectivity index (χ2v) is 6.78. The molecule has 1 aromatic rings. The van der Waals surface area contributed by atoms with E-state index in [4.69, 9.17) is 5.73 Å². The molecule has 0 bridgehead atoms. The number of rotatable bonds is 3. The Kier molecular flexibility index (Phi) is 4.64. The van der Waals surface area contributed by atoms with E-state index in [0.717, 1.165) is 19.0 Å². The highest BCUT2D eigenvalue weighted by Gasteiger charge is 2.20. The van der Waals surface area contributed by atoms with E-state index in [2.05, 4.69) is 49.9 Å². The Morgan fingerprint density at radius 2 is 1.68 bits per heavy atom. The molecule has 19 heavy (non-hydrogen) atoms. The topological polar surface area (TPSA) is 29.3 Å². The zero-order valence-electron chi connectivity index (χ0n) is 12.7. The minimum atomic E-state index is 0.253. The molecule has 0 unspecified atom stereocenters. The third-order valence-electron chi connectivity index (χ3n) is 4.28. The van der Waals surface area contributed by atoms with E-state index in [1.54, 1.807) is 0 Å². The lowest BCUT2D eigenvalue weighted by Gasteiger charge is -2.32. The highest BCUT2D eigenvalue weighted by Crippen LogP contribution is 2.30. The van der Waals surface area contributed by atoms with Crippen molar-refractivity contribution < 1.29 is 0 Å². The van der Waals surface area contributed by atoms with Crippen LogP contribution in [-0.4, -0.2) is 31.1 Å². The lowest BCUT2D eigenvalue weighted by molar-refractivity contribution is 0.218. The summed E-state index contributed by atoms with van der Waals surface area (Å²) in [6.45, 7) is 11.0. The summed E-state index contributed by atoms with van der Waals surface area (Å²) in [6.07, 6.45) is 2.55. The first-order valence-corrected chi connectivity index (χ1v) is 7.53. The van der Waals surface area contributed by atoms with Gasteiger partial charge in [0.2, 0.25) is 0 Å². The summed E-state index contributed by atoms with van der Waals surface area (Å²) < 4.78 is 0. The maximum absolute atomic E-state index is 5.62. The molecule has 2 rings (SSSR count). The Morgan fingerprint density at radius 1 is 1.11 bits per heavy atom. The van der Waals surface area contributed by atoms with E-state index in [9.17, 15) is 0 Å². The first-order valence-electron chi connectivity index (χ1n) is 7.53. The molecule has 1 aliphatic heterocycles. The zero-order valence-corrected chi connectivity index (χ0v) is 12.7. The van der Waals surface area contributed by atoms with Crippen molar-refractivity contribution in [2.75, 3.05) is 26.2 Å². The minimum absolute atomic E-state index is 0.253. The molecule has 2 N–H and O–H groups in total. The second kappa shape index (κ2) is 6.06. The van der Waals surface area contributed by atoms with Crippen LogP contribution in [-0.2, 0) is 5.41 Å². The van der Waals surface area contributed by atoms with Crippen molar-refractivity contribution in [3.8, 4) is 0 Å². The fourth-order valence-electron chi connectivity index (χ4n) is 2.93. The van der Waals surface area contributed by atoms with E-state index in [-0.39, 0.29) is 5.41 Å². The zero-order chi connectivity index (χ0) is 13.9. The monoisotopic (exact) mass is 260 g/mol. The number of nitrogens with two attached hydrogens (primary N) is 1. The molecule has 0 atom stereocenters. The minimum Gasteiger partial charge on any atom is -0.329 e. The summed E-state index contributed by atoms with van der Waals surface area (Å²) in [5.74, 6) is 0.739. The number of hydrogen-bond donors (Lipinski definition) is 1. The predicted molar refractivity (Wildman–Crippen MR) is 82.6 cm³/mol. The highest BCUT2D eigenvalue weighted by molar-refractivity contribution is 5.29. The molecule has 1 aromatic carbocycles. The molecule has 0 aromatic heterocycles. The molecule has 1 aliphatic rings. The van der Waals surface area contributed by atoms with E-state index in [0.29, 0.717) is 0 Å². The Bertz CT molecular complexity index is 381. The summed E-state index contributed by atoms with van der Waals surface area (Å²) in [5, 5.41) is 0. The van der Waals surface area contributed by atoms with Crippen LogP contribution in [0.25, 0.3) is 0 Å². The molecule has 1 saturated heterocycles. The number of hydrogen-bond acceptors (Lipinski definition) is 2. The summed E-state index contributed by atoms with van der Waals surface area (Å²) in [4.78, 5) is 2.49. The summed E-state index contributed by atoms with van der Waals surface area (Å²) >= 11 is 0. The Hall–Kier alpha value is -0.860. The van der Waals surface area contributed by atoms with E-state index >= 15 is 0 Å². The van der Waals surface area contributed by atoms with Gasteiger partial charge in [0.25, 0.3) is 0 Å². The first-order chi connectivity index (χ1) is 9.00. The number of piperidine rings is 1. The van der Waals surface area contributed by atoms with E-state index < -0.39 is 0 Å². The van der Waals surface area contributed by atoms with Crippen LogP contribution in [0.15, 0.2) is 24.3 Å². The van der Waals surface area contributed by atoms with Crippen molar-refractivity contribution in [2.24, 2.45) is 5.73 Å². The van der Waals surface area contributed by atoms with Gasteiger partial charge in [0.05, 0.1) is 0 Å². The normalized spacial score (nSPS) is 18.7. The molecule has 1 fully saturated rings. The number of likely N-dealkylation sites (tertiary alicyclic amines) is 1. The molecule has 0 spiro atoms. The molecular weight excluding hydrogens is 232 g/mol. The van der Waals surface area contributed by atoms with Crippen LogP contribution in [0.4, 0.5) is 0 Å². The molecule has 0 aliphatic carbocycles. The molecule has 1 heterocycles. The average Bonchev–Trinajstić information content (AvgIpc) is 2.39. The molecule has 0 amide bonds. The molecular formula is C17H28N2. The van der Waals surface area contributed by atoms with Crippen molar-refractivity contribution in [1.29, 1.82) is 0 Å². The van der Waals surface area contributed by atoms with Crippen LogP contribution in [0.1, 0.15) is 50.7 Å². The Balaban J connectivity index is 1.97. The molecule has 0 saturated carbocycles. The first kappa shape index (κ1) is 14.5. The van der Waals surface area contributed by atoms with Crippen LogP contribution in [0.2, 0.25) is 0 Å². The van der Waals surface area contributed by atoms with Crippen molar-refractivity contribution in [3.63, 3.8) is 0 Å². The van der Waals surface area contributed by atoms with Gasteiger partial charge in [-0.2, -0.15) is 0 Å². The molecule has 106 valence electrons. The predicted octanol–water partition coefficient (Wildman–Crippen LogP) is 3.12. The van der Waals surface area contributed by atoms with Gasteiger partial charge in [0, 0.05) is 13.1 Å². The van der Waals surface area contributed by atoms with Gasteiger partial charge in [-0.25, -0.2) is 0 Å². The quantitative estimate of drug-likeness (QED) is 0.905. The van der Waals surface area contributed by atoms with Gasteiger partial charge in [0.15, 0.2) is 0 Å². The Morgan fingerprint density at radius 3 is 2.16 bits per heavy atom. The van der Waals surface area contributed by atoms with E-state index in [1.807, 2.05) is 0 Å². The second-order valence-electron chi connectivity index (χ2n) is 6.78. The van der Waals surface area contributed by atoms with Crippen LogP contribution < -0.4 is 5.73 Å². The lowest BCUT2D eigenvalue weighted by atomic mass is 9.84. The van der Waals surface area contributed by atoms with Crippen LogP contribution in [0.3, 0.4) is 0 Å². The maximum Gasteiger partial charge on any atom is 0.0105 e. The SMILES string of the molecule is CC(C)(C)c1ccc(C2CCN(CCN)CC2)cc1. The largest absolute Gasteiger partial charge is 0.329 e. The molecule has 2 heteroatoms. The summed E-state index contributed by atoms with van der Waals surface area (Å²) in [6, 6.07) is 9.29. The fourth-order valence-corrected chi connectivity index (χ4v) is 2.93. The van der Waals surface area contributed by atoms with Crippen molar-refractivity contribution in [1.82, 2.24) is 4.90 Å². The number of nitrogens with zero attached hydrogens (tertiary/aromatic N) is 1. The van der Waals surface area contributed by atoms with Gasteiger partial charge in [0.1, 0.15) is 0 Å². The average molecular weight is 260 g/mol. The standard InChI is InChI=1S/C17H28N2/c1-17(2,3)16-6-4-14(5-7-16)15-8-11-19(12-9-15)13-10-18/h4-7,15H,8-13,18H2,1-3H3. The van der Waals surface area contributed by atoms with Gasteiger partial charge in [-0.1, -0.05) is 45.0 Å². The van der Waals surface area contributed by atoms with Crippen LogP contribution in [0.5, 0.6) is 0 Å². The Labute approximate surface area is 118 Å². The maximum atomic E-state index is 5.62. The van der Waals surface area contributed by atoms with Crippen LogP contribution >= 0.6 is 0 Å². The van der Waals surface area contributed by atoms with E-state index in [1.165, 1.54) is 37.1 Å². The fraction of sp³-hybridized carbons (Fsp3) is 0.647. The number of benzene rings is 1. The van der Waals surface area contributed by atoms with Gasteiger partial charge in [-0.15, -0.1) is 0 Å². The lowest BCUT2D eigenvalue weighted by Crippen LogP contribution is -2.36. The van der Waals surface area contributed by atoms with Crippen molar-refractivity contribution in [3.05, 3.63) is 35.4 Å². The molecule has 2 nitrogen and oxygen atoms in total. The van der Waals surface area contributed by atoms with Gasteiger partial charge >= 0.3 is 0 Å². The third-order valence-corrected chi connectivity index (χ3v) is 4.28.